The Balaban J connectivity index is 2.34. The monoisotopic (exact) mass is 266 g/mol. The molecule has 2 rings (SSSR count). The van der Waals surface area contributed by atoms with Crippen molar-refractivity contribution in [2.45, 2.75) is 6.92 Å². The number of hydrogen-bond acceptors (Lipinski definition) is 2. The molecule has 1 aromatic carbocycles. The molecular weight excluding hydrogens is 256 g/mol. The molecule has 3 N–H and O–H groups in total. The summed E-state index contributed by atoms with van der Waals surface area (Å²) in [4.78, 5) is 4.15. The lowest BCUT2D eigenvalue weighted by atomic mass is 10.2. The van der Waals surface area contributed by atoms with E-state index in [-0.39, 0.29) is 5.11 Å². The van der Waals surface area contributed by atoms with Crippen molar-refractivity contribution in [3.05, 3.63) is 41.4 Å². The number of aryl methyl sites for hydroxylation is 1. The zero-order valence-corrected chi connectivity index (χ0v) is 10.7. The molecule has 4 nitrogen and oxygen atoms in total. The van der Waals surface area contributed by atoms with Crippen LogP contribution < -0.4 is 11.1 Å². The smallest absolute Gasteiger partial charge is 0.168 e. The first-order valence-corrected chi connectivity index (χ1v) is 5.72. The minimum Gasteiger partial charge on any atom is -0.376 e. The highest BCUT2D eigenvalue weighted by Crippen LogP contribution is 2.24. The first-order chi connectivity index (χ1) is 8.06. The number of aromatic nitrogens is 2. The number of hydrogen-bond donors (Lipinski definition) is 2. The van der Waals surface area contributed by atoms with E-state index in [1.165, 1.54) is 0 Å². The number of nitrogens with two attached hydrogens (primary N) is 1. The van der Waals surface area contributed by atoms with E-state index in [0.717, 1.165) is 17.1 Å². The molecule has 17 heavy (non-hydrogen) atoms. The van der Waals surface area contributed by atoms with Crippen LogP contribution in [0.2, 0.25) is 5.02 Å². The van der Waals surface area contributed by atoms with Crippen LogP contribution in [0.4, 0.5) is 5.69 Å². The molecule has 0 atom stereocenters. The summed E-state index contributed by atoms with van der Waals surface area (Å²) in [5.41, 5.74) is 7.95. The highest BCUT2D eigenvalue weighted by Gasteiger charge is 2.05. The normalized spacial score (nSPS) is 10.2. The fraction of sp³-hybridized carbons (Fsp3) is 0.0909. The molecule has 6 heteroatoms. The molecule has 0 spiro atoms. The van der Waals surface area contributed by atoms with E-state index < -0.39 is 0 Å². The van der Waals surface area contributed by atoms with E-state index in [9.17, 15) is 0 Å². The zero-order chi connectivity index (χ0) is 12.4. The van der Waals surface area contributed by atoms with E-state index in [4.69, 9.17) is 29.6 Å². The van der Waals surface area contributed by atoms with Crippen molar-refractivity contribution in [2.75, 3.05) is 5.32 Å². The lowest BCUT2D eigenvalue weighted by Gasteiger charge is -2.08. The van der Waals surface area contributed by atoms with E-state index in [0.29, 0.717) is 5.02 Å². The highest BCUT2D eigenvalue weighted by atomic mass is 35.5. The average molecular weight is 267 g/mol. The van der Waals surface area contributed by atoms with E-state index in [1.807, 2.05) is 29.8 Å². The molecule has 0 aliphatic carbocycles. The zero-order valence-electron chi connectivity index (χ0n) is 9.14. The summed E-state index contributed by atoms with van der Waals surface area (Å²) in [5.74, 6) is 0. The lowest BCUT2D eigenvalue weighted by Crippen LogP contribution is -2.18. The molecule has 1 heterocycles. The Kier molecular flexibility index (Phi) is 3.31. The molecule has 0 fully saturated rings. The fourth-order valence-electron chi connectivity index (χ4n) is 1.49. The van der Waals surface area contributed by atoms with Gasteiger partial charge in [0.05, 0.1) is 22.7 Å². The molecule has 0 unspecified atom stereocenters. The number of imidazole rings is 1. The molecule has 0 saturated heterocycles. The summed E-state index contributed by atoms with van der Waals surface area (Å²) in [6.07, 6.45) is 3.62. The topological polar surface area (TPSA) is 55.9 Å². The summed E-state index contributed by atoms with van der Waals surface area (Å²) in [6.45, 7) is 1.92. The van der Waals surface area contributed by atoms with Gasteiger partial charge in [0.15, 0.2) is 5.11 Å². The van der Waals surface area contributed by atoms with Gasteiger partial charge in [-0.15, -0.1) is 0 Å². The van der Waals surface area contributed by atoms with Crippen LogP contribution >= 0.6 is 23.8 Å². The maximum absolute atomic E-state index is 6.18. The van der Waals surface area contributed by atoms with Crippen molar-refractivity contribution in [1.29, 1.82) is 0 Å². The average Bonchev–Trinajstić information content (AvgIpc) is 2.64. The third-order valence-corrected chi connectivity index (χ3v) is 2.61. The van der Waals surface area contributed by atoms with Crippen molar-refractivity contribution in [3.63, 3.8) is 0 Å². The largest absolute Gasteiger partial charge is 0.376 e. The predicted octanol–water partition coefficient (Wildman–Crippen LogP) is 2.49. The third-order valence-electron chi connectivity index (χ3n) is 2.21. The van der Waals surface area contributed by atoms with Crippen LogP contribution in [0.1, 0.15) is 5.69 Å². The second-order valence-electron chi connectivity index (χ2n) is 3.58. The van der Waals surface area contributed by atoms with Gasteiger partial charge < -0.3 is 15.6 Å². The van der Waals surface area contributed by atoms with Crippen LogP contribution in [0.5, 0.6) is 0 Å². The number of thiocarbonyl (C=S) groups is 1. The number of halogens is 1. The van der Waals surface area contributed by atoms with Crippen molar-refractivity contribution in [2.24, 2.45) is 5.73 Å². The minimum atomic E-state index is 0.215. The number of benzene rings is 1. The summed E-state index contributed by atoms with van der Waals surface area (Å²) in [5, 5.41) is 3.65. The van der Waals surface area contributed by atoms with Crippen LogP contribution in [0.25, 0.3) is 5.69 Å². The molecular formula is C11H11ClN4S. The van der Waals surface area contributed by atoms with Gasteiger partial charge >= 0.3 is 0 Å². The second-order valence-corrected chi connectivity index (χ2v) is 4.42. The van der Waals surface area contributed by atoms with Crippen molar-refractivity contribution >= 4 is 34.6 Å². The molecule has 0 aliphatic rings. The van der Waals surface area contributed by atoms with Crippen molar-refractivity contribution < 1.29 is 0 Å². The fourth-order valence-corrected chi connectivity index (χ4v) is 1.89. The Labute approximate surface area is 109 Å². The Bertz CT molecular complexity index is 564. The highest BCUT2D eigenvalue weighted by molar-refractivity contribution is 7.80. The Morgan fingerprint density at radius 1 is 1.53 bits per heavy atom. The van der Waals surface area contributed by atoms with Gasteiger partial charge in [-0.2, -0.15) is 0 Å². The standard InChI is InChI=1S/C11H11ClN4S/c1-7-5-16(6-14-7)10-3-2-8(4-9(10)12)15-11(13)17/h2-6H,1H3,(H3,13,15,17). The molecule has 1 aromatic heterocycles. The van der Waals surface area contributed by atoms with Gasteiger partial charge in [-0.3, -0.25) is 0 Å². The summed E-state index contributed by atoms with van der Waals surface area (Å²) >= 11 is 10.9. The Morgan fingerprint density at radius 2 is 2.29 bits per heavy atom. The summed E-state index contributed by atoms with van der Waals surface area (Å²) in [6, 6.07) is 5.51. The van der Waals surface area contributed by atoms with Gasteiger partial charge in [0.25, 0.3) is 0 Å². The van der Waals surface area contributed by atoms with Gasteiger partial charge in [0.1, 0.15) is 0 Å². The summed E-state index contributed by atoms with van der Waals surface area (Å²) < 4.78 is 1.86. The van der Waals surface area contributed by atoms with Gasteiger partial charge in [-0.05, 0) is 37.3 Å². The van der Waals surface area contributed by atoms with Crippen LogP contribution in [-0.2, 0) is 0 Å². The number of nitrogens with zero attached hydrogens (tertiary/aromatic N) is 2. The molecule has 88 valence electrons. The van der Waals surface area contributed by atoms with E-state index in [2.05, 4.69) is 10.3 Å². The molecule has 0 radical (unpaired) electrons. The first-order valence-electron chi connectivity index (χ1n) is 4.93. The molecule has 0 aliphatic heterocycles. The van der Waals surface area contributed by atoms with Gasteiger partial charge in [-0.25, -0.2) is 4.98 Å². The molecule has 2 aromatic rings. The third kappa shape index (κ3) is 2.75. The minimum absolute atomic E-state index is 0.215. The van der Waals surface area contributed by atoms with Crippen LogP contribution in [-0.4, -0.2) is 14.7 Å². The maximum Gasteiger partial charge on any atom is 0.168 e. The second kappa shape index (κ2) is 4.73. The summed E-state index contributed by atoms with van der Waals surface area (Å²) in [7, 11) is 0. The Morgan fingerprint density at radius 3 is 2.82 bits per heavy atom. The van der Waals surface area contributed by atoms with Gasteiger partial charge in [0, 0.05) is 11.9 Å². The number of rotatable bonds is 2. The number of anilines is 1. The van der Waals surface area contributed by atoms with Crippen LogP contribution in [0, 0.1) is 6.92 Å². The number of nitrogens with one attached hydrogen (secondary N) is 1. The maximum atomic E-state index is 6.18. The van der Waals surface area contributed by atoms with Crippen molar-refractivity contribution in [1.82, 2.24) is 9.55 Å². The lowest BCUT2D eigenvalue weighted by molar-refractivity contribution is 1.06. The Hall–Kier alpha value is -1.59. The van der Waals surface area contributed by atoms with Crippen LogP contribution in [0.15, 0.2) is 30.7 Å². The SMILES string of the molecule is Cc1cn(-c2ccc(NC(N)=S)cc2Cl)cn1. The quantitative estimate of drug-likeness (QED) is 0.820. The van der Waals surface area contributed by atoms with Gasteiger partial charge in [0.2, 0.25) is 0 Å². The van der Waals surface area contributed by atoms with Crippen molar-refractivity contribution in [3.8, 4) is 5.69 Å². The molecule has 0 saturated carbocycles. The van der Waals surface area contributed by atoms with Gasteiger partial charge in [-0.1, -0.05) is 11.6 Å². The first kappa shape index (κ1) is 11.9. The van der Waals surface area contributed by atoms with E-state index in [1.54, 1.807) is 12.4 Å². The molecule has 0 amide bonds. The van der Waals surface area contributed by atoms with E-state index >= 15 is 0 Å². The van der Waals surface area contributed by atoms with Crippen LogP contribution in [0.3, 0.4) is 0 Å². The molecule has 0 bridgehead atoms. The predicted molar refractivity (Wildman–Crippen MR) is 73.7 cm³/mol.